The Balaban J connectivity index is 1.82. The van der Waals surface area contributed by atoms with Gasteiger partial charge in [-0.2, -0.15) is 0 Å². The number of carbonyl (C=O) groups excluding carboxylic acids is 1. The molecule has 0 unspecified atom stereocenters. The fourth-order valence-corrected chi connectivity index (χ4v) is 5.20. The summed E-state index contributed by atoms with van der Waals surface area (Å²) in [5.74, 6) is 1.37. The molecule has 0 bridgehead atoms. The molecule has 0 aliphatic heterocycles. The second-order valence-corrected chi connectivity index (χ2v) is 10.6. The number of nitrogens with one attached hydrogen (secondary N) is 1. The van der Waals surface area contributed by atoms with Crippen LogP contribution in [0.5, 0.6) is 17.2 Å². The molecule has 3 rings (SSSR count). The number of halogens is 1. The van der Waals surface area contributed by atoms with Crippen LogP contribution in [0.2, 0.25) is 0 Å². The van der Waals surface area contributed by atoms with Crippen LogP contribution >= 0.6 is 15.9 Å². The molecule has 8 nitrogen and oxygen atoms in total. The van der Waals surface area contributed by atoms with Crippen LogP contribution in [0.15, 0.2) is 76.1 Å². The van der Waals surface area contributed by atoms with Crippen LogP contribution in [0.3, 0.4) is 0 Å². The Bertz CT molecular complexity index is 1280. The molecule has 1 N–H and O–H groups in total. The largest absolute Gasteiger partial charge is 0.494 e. The molecular formula is C27H31BrN2O6S. The van der Waals surface area contributed by atoms with E-state index >= 15 is 0 Å². The topological polar surface area (TPSA) is 94.2 Å². The van der Waals surface area contributed by atoms with Gasteiger partial charge in [0.25, 0.3) is 10.0 Å². The Hall–Kier alpha value is -3.24. The Kier molecular flexibility index (Phi) is 10.2. The number of nitrogens with zero attached hydrogens (tertiary/aromatic N) is 1. The van der Waals surface area contributed by atoms with Crippen molar-refractivity contribution in [3.63, 3.8) is 0 Å². The fourth-order valence-electron chi connectivity index (χ4n) is 3.52. The number of anilines is 1. The summed E-state index contributed by atoms with van der Waals surface area (Å²) in [6, 6.07) is 18.3. The van der Waals surface area contributed by atoms with Crippen molar-refractivity contribution in [3.8, 4) is 17.2 Å². The lowest BCUT2D eigenvalue weighted by atomic mass is 10.2. The van der Waals surface area contributed by atoms with E-state index in [-0.39, 0.29) is 11.4 Å². The van der Waals surface area contributed by atoms with E-state index in [4.69, 9.17) is 14.2 Å². The van der Waals surface area contributed by atoms with Crippen molar-refractivity contribution in [3.05, 3.63) is 76.8 Å². The minimum atomic E-state index is -4.03. The Labute approximate surface area is 226 Å². The van der Waals surface area contributed by atoms with Crippen molar-refractivity contribution in [2.24, 2.45) is 0 Å². The van der Waals surface area contributed by atoms with Gasteiger partial charge in [-0.3, -0.25) is 9.10 Å². The molecule has 10 heteroatoms. The number of amides is 1. The molecule has 198 valence electrons. The standard InChI is InChI=1S/C27H31BrN2O6S/c1-4-34-23-12-10-22(11-13-23)30(37(32,33)24-14-8-21(28)9-15-24)19-27(31)29-18-20-7-16-25(35-5-2)26(17-20)36-6-3/h7-17H,4-6,18-19H2,1-3H3,(H,29,31). The SMILES string of the molecule is CCOc1ccc(N(CC(=O)NCc2ccc(OCC)c(OCC)c2)S(=O)(=O)c2ccc(Br)cc2)cc1. The van der Waals surface area contributed by atoms with Crippen LogP contribution in [-0.4, -0.2) is 40.7 Å². The van der Waals surface area contributed by atoms with Gasteiger partial charge in [0.2, 0.25) is 5.91 Å². The summed E-state index contributed by atoms with van der Waals surface area (Å²) in [6.45, 7) is 6.89. The molecule has 3 aromatic carbocycles. The number of hydrogen-bond acceptors (Lipinski definition) is 6. The molecule has 0 heterocycles. The molecule has 0 fully saturated rings. The molecule has 0 saturated heterocycles. The van der Waals surface area contributed by atoms with Gasteiger partial charge in [-0.25, -0.2) is 8.42 Å². The average molecular weight is 592 g/mol. The zero-order valence-corrected chi connectivity index (χ0v) is 23.5. The Morgan fingerprint density at radius 2 is 1.46 bits per heavy atom. The number of carbonyl (C=O) groups is 1. The third kappa shape index (κ3) is 7.62. The summed E-state index contributed by atoms with van der Waals surface area (Å²) >= 11 is 3.32. The molecule has 1 amide bonds. The summed E-state index contributed by atoms with van der Waals surface area (Å²) < 4.78 is 45.6. The Morgan fingerprint density at radius 3 is 2.08 bits per heavy atom. The van der Waals surface area contributed by atoms with Gasteiger partial charge in [-0.1, -0.05) is 22.0 Å². The maximum Gasteiger partial charge on any atom is 0.264 e. The highest BCUT2D eigenvalue weighted by Crippen LogP contribution is 2.29. The van der Waals surface area contributed by atoms with Gasteiger partial charge in [0.05, 0.1) is 30.4 Å². The zero-order valence-electron chi connectivity index (χ0n) is 21.1. The van der Waals surface area contributed by atoms with Gasteiger partial charge < -0.3 is 19.5 Å². The van der Waals surface area contributed by atoms with Gasteiger partial charge >= 0.3 is 0 Å². The molecule has 0 saturated carbocycles. The van der Waals surface area contributed by atoms with E-state index in [9.17, 15) is 13.2 Å². The number of rotatable bonds is 13. The molecule has 37 heavy (non-hydrogen) atoms. The van der Waals surface area contributed by atoms with Crippen LogP contribution < -0.4 is 23.8 Å². The molecule has 0 aliphatic carbocycles. The van der Waals surface area contributed by atoms with Gasteiger partial charge in [0, 0.05) is 11.0 Å². The smallest absolute Gasteiger partial charge is 0.264 e. The molecule has 0 spiro atoms. The van der Waals surface area contributed by atoms with Gasteiger partial charge in [0.1, 0.15) is 12.3 Å². The van der Waals surface area contributed by atoms with Gasteiger partial charge in [-0.15, -0.1) is 0 Å². The van der Waals surface area contributed by atoms with E-state index in [2.05, 4.69) is 21.2 Å². The summed E-state index contributed by atoms with van der Waals surface area (Å²) in [7, 11) is -4.03. The lowest BCUT2D eigenvalue weighted by Crippen LogP contribution is -2.40. The fraction of sp³-hybridized carbons (Fsp3) is 0.296. The van der Waals surface area contributed by atoms with E-state index < -0.39 is 22.5 Å². The van der Waals surface area contributed by atoms with Crippen LogP contribution in [0.4, 0.5) is 5.69 Å². The first-order valence-electron chi connectivity index (χ1n) is 11.9. The molecule has 0 aromatic heterocycles. The van der Waals surface area contributed by atoms with Gasteiger partial charge in [0.15, 0.2) is 11.5 Å². The third-order valence-corrected chi connectivity index (χ3v) is 7.54. The summed E-state index contributed by atoms with van der Waals surface area (Å²) in [4.78, 5) is 13.1. The number of ether oxygens (including phenoxy) is 3. The number of sulfonamides is 1. The predicted molar refractivity (Wildman–Crippen MR) is 147 cm³/mol. The van der Waals surface area contributed by atoms with Crippen LogP contribution in [-0.2, 0) is 21.4 Å². The highest BCUT2D eigenvalue weighted by atomic mass is 79.9. The summed E-state index contributed by atoms with van der Waals surface area (Å²) in [6.07, 6.45) is 0. The van der Waals surface area contributed by atoms with Crippen molar-refractivity contribution in [2.45, 2.75) is 32.2 Å². The Morgan fingerprint density at radius 1 is 0.838 bits per heavy atom. The predicted octanol–water partition coefficient (Wildman–Crippen LogP) is 5.16. The molecule has 0 atom stereocenters. The van der Waals surface area contributed by atoms with E-state index in [0.29, 0.717) is 42.8 Å². The van der Waals surface area contributed by atoms with Crippen molar-refractivity contribution in [1.29, 1.82) is 0 Å². The lowest BCUT2D eigenvalue weighted by Gasteiger charge is -2.24. The first-order valence-corrected chi connectivity index (χ1v) is 14.2. The van der Waals surface area contributed by atoms with E-state index in [1.165, 1.54) is 12.1 Å². The number of hydrogen-bond donors (Lipinski definition) is 1. The minimum absolute atomic E-state index is 0.0743. The third-order valence-electron chi connectivity index (χ3n) is 5.22. The quantitative estimate of drug-likeness (QED) is 0.295. The maximum absolute atomic E-state index is 13.5. The normalized spacial score (nSPS) is 11.0. The van der Waals surface area contributed by atoms with E-state index in [0.717, 1.165) is 14.3 Å². The van der Waals surface area contributed by atoms with E-state index in [1.54, 1.807) is 48.5 Å². The first-order chi connectivity index (χ1) is 17.8. The van der Waals surface area contributed by atoms with Crippen LogP contribution in [0, 0.1) is 0 Å². The summed E-state index contributed by atoms with van der Waals surface area (Å²) in [5, 5.41) is 2.81. The summed E-state index contributed by atoms with van der Waals surface area (Å²) in [5.41, 5.74) is 1.14. The van der Waals surface area contributed by atoms with Crippen LogP contribution in [0.25, 0.3) is 0 Å². The zero-order chi connectivity index (χ0) is 26.8. The molecule has 3 aromatic rings. The van der Waals surface area contributed by atoms with Gasteiger partial charge in [-0.05, 0) is 87.0 Å². The minimum Gasteiger partial charge on any atom is -0.494 e. The maximum atomic E-state index is 13.5. The lowest BCUT2D eigenvalue weighted by molar-refractivity contribution is -0.119. The second kappa shape index (κ2) is 13.3. The first kappa shape index (κ1) is 28.3. The highest BCUT2D eigenvalue weighted by molar-refractivity contribution is 9.10. The molecular weight excluding hydrogens is 560 g/mol. The van der Waals surface area contributed by atoms with E-state index in [1.807, 2.05) is 26.8 Å². The van der Waals surface area contributed by atoms with Crippen molar-refractivity contribution in [2.75, 3.05) is 30.7 Å². The van der Waals surface area contributed by atoms with Crippen molar-refractivity contribution >= 4 is 37.5 Å². The second-order valence-electron chi connectivity index (χ2n) is 7.82. The van der Waals surface area contributed by atoms with Crippen LogP contribution in [0.1, 0.15) is 26.3 Å². The van der Waals surface area contributed by atoms with Crippen molar-refractivity contribution in [1.82, 2.24) is 5.32 Å². The average Bonchev–Trinajstić information content (AvgIpc) is 2.88. The molecule has 0 aliphatic rings. The van der Waals surface area contributed by atoms with Crippen molar-refractivity contribution < 1.29 is 27.4 Å². The number of benzene rings is 3. The molecule has 0 radical (unpaired) electrons. The highest BCUT2D eigenvalue weighted by Gasteiger charge is 2.27. The monoisotopic (exact) mass is 590 g/mol.